The summed E-state index contributed by atoms with van der Waals surface area (Å²) in [6.07, 6.45) is 7.96. The lowest BCUT2D eigenvalue weighted by Crippen LogP contribution is -2.57. The summed E-state index contributed by atoms with van der Waals surface area (Å²) < 4.78 is 0. The summed E-state index contributed by atoms with van der Waals surface area (Å²) in [6.45, 7) is 8.48. The minimum atomic E-state index is -0.883. The quantitative estimate of drug-likeness (QED) is 0.753. The molecule has 0 aromatic carbocycles. The highest BCUT2D eigenvalue weighted by atomic mass is 16.2. The number of likely N-dealkylation sites (N-methyl/N-ethyl adjacent to an activating group) is 1. The summed E-state index contributed by atoms with van der Waals surface area (Å²) in [5.74, 6) is -0.210. The fourth-order valence-electron chi connectivity index (χ4n) is 4.52. The molecule has 1 atom stereocenters. The van der Waals surface area contributed by atoms with Gasteiger partial charge in [-0.25, -0.2) is 0 Å². The van der Waals surface area contributed by atoms with E-state index in [1.54, 1.807) is 20.9 Å². The molecule has 29 heavy (non-hydrogen) atoms. The largest absolute Gasteiger partial charge is 0.357 e. The zero-order valence-electron chi connectivity index (χ0n) is 18.0. The molecule has 0 bridgehead atoms. The average molecular weight is 402 g/mol. The maximum atomic E-state index is 12.8. The summed E-state index contributed by atoms with van der Waals surface area (Å²) in [5.41, 5.74) is 0.380. The number of aromatic nitrogens is 1. The number of pyridine rings is 1. The summed E-state index contributed by atoms with van der Waals surface area (Å²) in [7, 11) is 1.60. The van der Waals surface area contributed by atoms with Crippen LogP contribution < -0.4 is 10.6 Å². The van der Waals surface area contributed by atoms with Crippen molar-refractivity contribution in [2.45, 2.75) is 57.7 Å². The Morgan fingerprint density at radius 2 is 1.97 bits per heavy atom. The SMILES string of the molecule is CNC(=O)C(C)(C)NC(=O)[C@@H]1CCCN(C2CCN(Cc3cccnc3)CC2)C1. The van der Waals surface area contributed by atoms with Crippen LogP contribution in [-0.2, 0) is 16.1 Å². The molecule has 2 aliphatic rings. The van der Waals surface area contributed by atoms with Gasteiger partial charge in [0.15, 0.2) is 0 Å². The standard InChI is InChI=1S/C22H35N5O2/c1-22(2,21(29)23-3)25-20(28)18-7-5-11-27(16-18)19-8-12-26(13-9-19)15-17-6-4-10-24-14-17/h4,6,10,14,18-19H,5,7-9,11-13,15-16H2,1-3H3,(H,23,29)(H,25,28)/t18-/m1/s1. The van der Waals surface area contributed by atoms with Crippen LogP contribution in [0.1, 0.15) is 45.1 Å². The number of hydrogen-bond acceptors (Lipinski definition) is 5. The van der Waals surface area contributed by atoms with Gasteiger partial charge in [0, 0.05) is 38.6 Å². The molecule has 2 aliphatic heterocycles. The Morgan fingerprint density at radius 1 is 1.21 bits per heavy atom. The van der Waals surface area contributed by atoms with Crippen molar-refractivity contribution in [1.82, 2.24) is 25.4 Å². The van der Waals surface area contributed by atoms with Crippen molar-refractivity contribution in [3.05, 3.63) is 30.1 Å². The normalized spacial score (nSPS) is 22.2. The van der Waals surface area contributed by atoms with Crippen LogP contribution in [0.5, 0.6) is 0 Å². The Morgan fingerprint density at radius 3 is 2.62 bits per heavy atom. The van der Waals surface area contributed by atoms with Crippen LogP contribution in [0.3, 0.4) is 0 Å². The monoisotopic (exact) mass is 401 g/mol. The molecule has 0 spiro atoms. The Bertz CT molecular complexity index is 686. The number of piperidine rings is 2. The predicted octanol–water partition coefficient (Wildman–Crippen LogP) is 1.40. The highest BCUT2D eigenvalue weighted by molar-refractivity contribution is 5.91. The van der Waals surface area contributed by atoms with Gasteiger partial charge in [-0.2, -0.15) is 0 Å². The van der Waals surface area contributed by atoms with Gasteiger partial charge in [-0.3, -0.25) is 24.4 Å². The fraction of sp³-hybridized carbons (Fsp3) is 0.682. The predicted molar refractivity (Wildman–Crippen MR) is 113 cm³/mol. The smallest absolute Gasteiger partial charge is 0.244 e. The average Bonchev–Trinajstić information content (AvgIpc) is 2.74. The Kier molecular flexibility index (Phi) is 7.24. The van der Waals surface area contributed by atoms with Crippen molar-refractivity contribution < 1.29 is 9.59 Å². The summed E-state index contributed by atoms with van der Waals surface area (Å²) in [5, 5.41) is 5.57. The fourth-order valence-corrected chi connectivity index (χ4v) is 4.52. The molecule has 160 valence electrons. The lowest BCUT2D eigenvalue weighted by Gasteiger charge is -2.42. The molecule has 0 radical (unpaired) electrons. The molecule has 7 nitrogen and oxygen atoms in total. The van der Waals surface area contributed by atoms with Crippen molar-refractivity contribution in [1.29, 1.82) is 0 Å². The van der Waals surface area contributed by atoms with E-state index >= 15 is 0 Å². The summed E-state index contributed by atoms with van der Waals surface area (Å²) in [4.78, 5) is 34.0. The van der Waals surface area contributed by atoms with Gasteiger partial charge >= 0.3 is 0 Å². The maximum absolute atomic E-state index is 12.8. The number of likely N-dealkylation sites (tertiary alicyclic amines) is 2. The number of nitrogens with zero attached hydrogens (tertiary/aromatic N) is 3. The van der Waals surface area contributed by atoms with Crippen molar-refractivity contribution in [3.8, 4) is 0 Å². The van der Waals surface area contributed by atoms with Gasteiger partial charge in [0.2, 0.25) is 11.8 Å². The molecule has 0 unspecified atom stereocenters. The van der Waals surface area contributed by atoms with Crippen LogP contribution in [0.2, 0.25) is 0 Å². The van der Waals surface area contributed by atoms with E-state index in [0.29, 0.717) is 6.04 Å². The highest BCUT2D eigenvalue weighted by Gasteiger charge is 2.35. The van der Waals surface area contributed by atoms with E-state index in [4.69, 9.17) is 0 Å². The summed E-state index contributed by atoms with van der Waals surface area (Å²) in [6, 6.07) is 4.67. The van der Waals surface area contributed by atoms with Crippen LogP contribution in [-0.4, -0.2) is 71.4 Å². The topological polar surface area (TPSA) is 77.6 Å². The minimum absolute atomic E-state index is 0.00249. The van der Waals surface area contributed by atoms with Gasteiger partial charge in [0.1, 0.15) is 5.54 Å². The van der Waals surface area contributed by atoms with Crippen molar-refractivity contribution in [2.75, 3.05) is 33.2 Å². The molecule has 2 amide bonds. The lowest BCUT2D eigenvalue weighted by molar-refractivity contribution is -0.135. The number of amides is 2. The molecule has 0 aliphatic carbocycles. The van der Waals surface area contributed by atoms with E-state index in [1.807, 2.05) is 18.5 Å². The molecule has 7 heteroatoms. The second-order valence-electron chi connectivity index (χ2n) is 8.90. The lowest BCUT2D eigenvalue weighted by atomic mass is 9.92. The van der Waals surface area contributed by atoms with E-state index < -0.39 is 5.54 Å². The van der Waals surface area contributed by atoms with Crippen LogP contribution in [0.4, 0.5) is 0 Å². The Labute approximate surface area is 174 Å². The molecule has 3 rings (SSSR count). The first-order valence-electron chi connectivity index (χ1n) is 10.8. The molecule has 2 saturated heterocycles. The molecule has 1 aromatic heterocycles. The third-order valence-corrected chi connectivity index (χ3v) is 6.26. The molecule has 3 heterocycles. The Balaban J connectivity index is 1.48. The zero-order chi connectivity index (χ0) is 20.9. The number of nitrogens with one attached hydrogen (secondary N) is 2. The van der Waals surface area contributed by atoms with Crippen molar-refractivity contribution in [3.63, 3.8) is 0 Å². The minimum Gasteiger partial charge on any atom is -0.357 e. The Hall–Kier alpha value is -1.99. The van der Waals surface area contributed by atoms with Gasteiger partial charge in [0.25, 0.3) is 0 Å². The molecule has 1 aromatic rings. The number of hydrogen-bond donors (Lipinski definition) is 2. The van der Waals surface area contributed by atoms with Gasteiger partial charge < -0.3 is 10.6 Å². The van der Waals surface area contributed by atoms with Crippen LogP contribution in [0, 0.1) is 5.92 Å². The third-order valence-electron chi connectivity index (χ3n) is 6.26. The number of carbonyl (C=O) groups is 2. The first-order chi connectivity index (χ1) is 13.9. The van der Waals surface area contributed by atoms with E-state index in [2.05, 4.69) is 31.5 Å². The second-order valence-corrected chi connectivity index (χ2v) is 8.90. The summed E-state index contributed by atoms with van der Waals surface area (Å²) >= 11 is 0. The van der Waals surface area contributed by atoms with E-state index in [-0.39, 0.29) is 17.7 Å². The van der Waals surface area contributed by atoms with Gasteiger partial charge in [-0.05, 0) is 70.8 Å². The van der Waals surface area contributed by atoms with Crippen LogP contribution in [0.25, 0.3) is 0 Å². The number of rotatable bonds is 6. The number of carbonyl (C=O) groups excluding carboxylic acids is 2. The van der Waals surface area contributed by atoms with Crippen molar-refractivity contribution >= 4 is 11.8 Å². The molecular formula is C22H35N5O2. The second kappa shape index (κ2) is 9.67. The molecule has 2 fully saturated rings. The first-order valence-corrected chi connectivity index (χ1v) is 10.8. The van der Waals surface area contributed by atoms with Gasteiger partial charge in [-0.15, -0.1) is 0 Å². The van der Waals surface area contributed by atoms with Gasteiger partial charge in [-0.1, -0.05) is 6.07 Å². The molecular weight excluding hydrogens is 366 g/mol. The van der Waals surface area contributed by atoms with E-state index in [1.165, 1.54) is 5.56 Å². The first kappa shape index (κ1) is 21.7. The third kappa shape index (κ3) is 5.76. The molecule has 2 N–H and O–H groups in total. The molecule has 0 saturated carbocycles. The zero-order valence-corrected chi connectivity index (χ0v) is 18.0. The van der Waals surface area contributed by atoms with Crippen molar-refractivity contribution in [2.24, 2.45) is 5.92 Å². The highest BCUT2D eigenvalue weighted by Crippen LogP contribution is 2.25. The van der Waals surface area contributed by atoms with E-state index in [0.717, 1.165) is 58.4 Å². The van der Waals surface area contributed by atoms with Crippen LogP contribution >= 0.6 is 0 Å². The van der Waals surface area contributed by atoms with E-state index in [9.17, 15) is 9.59 Å². The van der Waals surface area contributed by atoms with Gasteiger partial charge in [0.05, 0.1) is 5.92 Å². The van der Waals surface area contributed by atoms with Crippen LogP contribution in [0.15, 0.2) is 24.5 Å². The maximum Gasteiger partial charge on any atom is 0.244 e.